The number of fused-ring (bicyclic) bond motifs is 2. The number of carbonyl (C=O) groups is 2. The number of rotatable bonds is 7. The van der Waals surface area contributed by atoms with Crippen LogP contribution in [0.1, 0.15) is 64.8 Å². The lowest BCUT2D eigenvalue weighted by Crippen LogP contribution is -2.17. The van der Waals surface area contributed by atoms with E-state index in [1.165, 1.54) is 23.3 Å². The summed E-state index contributed by atoms with van der Waals surface area (Å²) in [4.78, 5) is 32.6. The van der Waals surface area contributed by atoms with Crippen LogP contribution in [-0.2, 0) is 17.6 Å². The predicted octanol–water partition coefficient (Wildman–Crippen LogP) is 7.30. The van der Waals surface area contributed by atoms with Crippen LogP contribution in [-0.4, -0.2) is 30.1 Å². The van der Waals surface area contributed by atoms with Crippen LogP contribution in [0.25, 0.3) is 22.2 Å². The highest BCUT2D eigenvalue weighted by atomic mass is 32.1. The maximum Gasteiger partial charge on any atom is 0.341 e. The number of anilines is 1. The summed E-state index contributed by atoms with van der Waals surface area (Å²) in [5.41, 5.74) is 4.31. The number of nitrogens with one attached hydrogen (secondary N) is 1. The zero-order valence-corrected chi connectivity index (χ0v) is 23.0. The monoisotopic (exact) mass is 528 g/mol. The summed E-state index contributed by atoms with van der Waals surface area (Å²) in [7, 11) is 1.38. The quantitative estimate of drug-likeness (QED) is 0.255. The van der Waals surface area contributed by atoms with Crippen LogP contribution in [0.3, 0.4) is 0 Å². The minimum absolute atomic E-state index is 0.0839. The number of aromatic nitrogens is 1. The lowest BCUT2D eigenvalue weighted by Gasteiger charge is -2.20. The van der Waals surface area contributed by atoms with E-state index in [9.17, 15) is 9.59 Å². The lowest BCUT2D eigenvalue weighted by molar-refractivity contribution is 0.0600. The van der Waals surface area contributed by atoms with Crippen LogP contribution in [0, 0.1) is 5.92 Å². The van der Waals surface area contributed by atoms with Gasteiger partial charge in [-0.05, 0) is 81.0 Å². The third-order valence-electron chi connectivity index (χ3n) is 7.04. The van der Waals surface area contributed by atoms with Crippen molar-refractivity contribution < 1.29 is 19.1 Å². The molecule has 6 nitrogen and oxygen atoms in total. The molecule has 196 valence electrons. The average Bonchev–Trinajstić information content (AvgIpc) is 3.28. The van der Waals surface area contributed by atoms with Crippen molar-refractivity contribution in [1.82, 2.24) is 4.98 Å². The Kier molecular flexibility index (Phi) is 7.47. The van der Waals surface area contributed by atoms with Crippen molar-refractivity contribution in [2.75, 3.05) is 12.4 Å². The number of benzene rings is 2. The first-order valence-corrected chi connectivity index (χ1v) is 13.9. The van der Waals surface area contributed by atoms with E-state index >= 15 is 0 Å². The van der Waals surface area contributed by atoms with Gasteiger partial charge in [0, 0.05) is 15.8 Å². The molecule has 4 aromatic rings. The number of ether oxygens (including phenoxy) is 2. The molecule has 1 N–H and O–H groups in total. The zero-order valence-electron chi connectivity index (χ0n) is 22.2. The molecule has 0 saturated carbocycles. The third-order valence-corrected chi connectivity index (χ3v) is 8.21. The van der Waals surface area contributed by atoms with Crippen LogP contribution in [0.2, 0.25) is 0 Å². The molecule has 38 heavy (non-hydrogen) atoms. The van der Waals surface area contributed by atoms with Gasteiger partial charge >= 0.3 is 5.97 Å². The van der Waals surface area contributed by atoms with E-state index < -0.39 is 5.97 Å². The van der Waals surface area contributed by atoms with Gasteiger partial charge in [0.25, 0.3) is 5.91 Å². The molecule has 0 fully saturated rings. The van der Waals surface area contributed by atoms with E-state index in [1.54, 1.807) is 0 Å². The molecular formula is C31H32N2O4S. The Morgan fingerprint density at radius 3 is 2.61 bits per heavy atom. The van der Waals surface area contributed by atoms with Gasteiger partial charge in [0.15, 0.2) is 0 Å². The van der Waals surface area contributed by atoms with E-state index in [1.807, 2.05) is 68.4 Å². The molecule has 1 aliphatic rings. The molecule has 1 aliphatic carbocycles. The van der Waals surface area contributed by atoms with Gasteiger partial charge in [0.2, 0.25) is 0 Å². The number of esters is 1. The number of hydrogen-bond donors (Lipinski definition) is 1. The zero-order chi connectivity index (χ0) is 26.8. The second-order valence-electron chi connectivity index (χ2n) is 9.93. The van der Waals surface area contributed by atoms with E-state index in [4.69, 9.17) is 14.5 Å². The molecule has 0 unspecified atom stereocenters. The fourth-order valence-electron chi connectivity index (χ4n) is 5.07. The fourth-order valence-corrected chi connectivity index (χ4v) is 6.41. The minimum Gasteiger partial charge on any atom is -0.491 e. The van der Waals surface area contributed by atoms with Crippen LogP contribution >= 0.6 is 11.3 Å². The number of carbonyl (C=O) groups excluding carboxylic acids is 2. The molecule has 2 aromatic carbocycles. The molecule has 2 heterocycles. The highest BCUT2D eigenvalue weighted by Crippen LogP contribution is 2.41. The van der Waals surface area contributed by atoms with Crippen molar-refractivity contribution in [3.05, 3.63) is 76.2 Å². The highest BCUT2D eigenvalue weighted by Gasteiger charge is 2.30. The van der Waals surface area contributed by atoms with Crippen molar-refractivity contribution in [2.24, 2.45) is 5.92 Å². The summed E-state index contributed by atoms with van der Waals surface area (Å²) in [5, 5.41) is 4.37. The van der Waals surface area contributed by atoms with Crippen molar-refractivity contribution in [3.63, 3.8) is 0 Å². The lowest BCUT2D eigenvalue weighted by atomic mass is 9.85. The average molecular weight is 529 g/mol. The molecule has 0 saturated heterocycles. The fraction of sp³-hybridized carbons (Fsp3) is 0.323. The number of hydrogen-bond acceptors (Lipinski definition) is 6. The SMILES string of the molecule is CC[C@@H]1CCc2c(sc(NC(=O)c3cc(-c4ccc(OC(C)C)cc4)nc4ccccc34)c2C(=O)OC)C1. The summed E-state index contributed by atoms with van der Waals surface area (Å²) < 4.78 is 10.9. The predicted molar refractivity (Wildman–Crippen MR) is 152 cm³/mol. The Bertz CT molecular complexity index is 1490. The Hall–Kier alpha value is -3.71. The van der Waals surface area contributed by atoms with Crippen LogP contribution in [0.4, 0.5) is 5.00 Å². The van der Waals surface area contributed by atoms with Gasteiger partial charge in [-0.2, -0.15) is 0 Å². The van der Waals surface area contributed by atoms with Crippen molar-refractivity contribution >= 4 is 39.1 Å². The normalized spacial score (nSPS) is 14.8. The molecule has 0 radical (unpaired) electrons. The second kappa shape index (κ2) is 11.0. The Morgan fingerprint density at radius 2 is 1.89 bits per heavy atom. The summed E-state index contributed by atoms with van der Waals surface area (Å²) in [6.07, 6.45) is 3.97. The van der Waals surface area contributed by atoms with E-state index in [-0.39, 0.29) is 12.0 Å². The number of pyridine rings is 1. The number of amides is 1. The maximum atomic E-state index is 13.8. The molecule has 1 atom stereocenters. The first-order valence-electron chi connectivity index (χ1n) is 13.1. The molecule has 0 bridgehead atoms. The topological polar surface area (TPSA) is 77.5 Å². The van der Waals surface area contributed by atoms with E-state index in [0.717, 1.165) is 53.5 Å². The summed E-state index contributed by atoms with van der Waals surface area (Å²) in [5.74, 6) is 0.696. The molecular weight excluding hydrogens is 496 g/mol. The van der Waals surface area contributed by atoms with Gasteiger partial charge in [-0.25, -0.2) is 9.78 Å². The largest absolute Gasteiger partial charge is 0.491 e. The molecule has 1 amide bonds. The third kappa shape index (κ3) is 5.16. The summed E-state index contributed by atoms with van der Waals surface area (Å²) in [6, 6.07) is 17.1. The number of methoxy groups -OCH3 is 1. The van der Waals surface area contributed by atoms with Gasteiger partial charge in [-0.15, -0.1) is 11.3 Å². The Balaban J connectivity index is 1.53. The van der Waals surface area contributed by atoms with E-state index in [0.29, 0.717) is 27.7 Å². The summed E-state index contributed by atoms with van der Waals surface area (Å²) in [6.45, 7) is 6.17. The first-order chi connectivity index (χ1) is 18.4. The van der Waals surface area contributed by atoms with Crippen molar-refractivity contribution in [3.8, 4) is 17.0 Å². The standard InChI is InChI=1S/C31H32N2O4S/c1-5-19-10-15-23-27(16-19)38-30(28(23)31(35)36-4)33-29(34)24-17-26(32-25-9-7-6-8-22(24)25)20-11-13-21(14-12-20)37-18(2)3/h6-9,11-14,17-19H,5,10,15-16H2,1-4H3,(H,33,34)/t19-/m1/s1. The minimum atomic E-state index is -0.406. The molecule has 7 heteroatoms. The second-order valence-corrected chi connectivity index (χ2v) is 11.0. The maximum absolute atomic E-state index is 13.8. The molecule has 5 rings (SSSR count). The number of nitrogens with zero attached hydrogens (tertiary/aromatic N) is 1. The van der Waals surface area contributed by atoms with Gasteiger partial charge in [0.05, 0.1) is 35.6 Å². The van der Waals surface area contributed by atoms with Gasteiger partial charge in [-0.1, -0.05) is 31.5 Å². The van der Waals surface area contributed by atoms with Crippen LogP contribution < -0.4 is 10.1 Å². The first kappa shape index (κ1) is 25.9. The number of para-hydroxylation sites is 1. The van der Waals surface area contributed by atoms with Gasteiger partial charge in [0.1, 0.15) is 10.8 Å². The van der Waals surface area contributed by atoms with Crippen molar-refractivity contribution in [1.29, 1.82) is 0 Å². The van der Waals surface area contributed by atoms with Crippen LogP contribution in [0.5, 0.6) is 5.75 Å². The van der Waals surface area contributed by atoms with Crippen molar-refractivity contribution in [2.45, 2.75) is 52.6 Å². The van der Waals surface area contributed by atoms with Gasteiger partial charge in [-0.3, -0.25) is 4.79 Å². The Morgan fingerprint density at radius 1 is 1.13 bits per heavy atom. The molecule has 0 aliphatic heterocycles. The molecule has 2 aromatic heterocycles. The summed E-state index contributed by atoms with van der Waals surface area (Å²) >= 11 is 1.50. The Labute approximate surface area is 227 Å². The highest BCUT2D eigenvalue weighted by molar-refractivity contribution is 7.17. The van der Waals surface area contributed by atoms with Crippen LogP contribution in [0.15, 0.2) is 54.6 Å². The smallest absolute Gasteiger partial charge is 0.341 e. The number of thiophene rings is 1. The van der Waals surface area contributed by atoms with E-state index in [2.05, 4.69) is 12.2 Å². The molecule has 0 spiro atoms. The van der Waals surface area contributed by atoms with Gasteiger partial charge < -0.3 is 14.8 Å².